The Bertz CT molecular complexity index is 1860. The zero-order valence-electron chi connectivity index (χ0n) is 25.9. The number of fused-ring (bicyclic) bond motifs is 1. The molecule has 244 valence electrons. The number of carbonyl (C=O) groups is 1. The Morgan fingerprint density at radius 2 is 1.70 bits per heavy atom. The number of carboxylic acids is 1. The molecule has 0 aliphatic carbocycles. The summed E-state index contributed by atoms with van der Waals surface area (Å²) in [6, 6.07) is 29.1. The maximum absolute atomic E-state index is 13.8. The standard InChI is InChI=1S/C37H36ClNO7S/c1-24(2)32-19-27-22-39(47(42,43)31-14-11-26(12-15-31)25-7-4-3-5-8-25)18-17-34(27)46-37(32)33-21-30(13-16-35(33)44-23-36(40)41)45-29-10-6-9-28(38)20-29/h3-16,20-21,27,32,34,37H,1,17-19,22-23H2,2H3,(H,40,41)/t27-,32-,34+,37+/m1/s1. The van der Waals surface area contributed by atoms with Gasteiger partial charge >= 0.3 is 5.97 Å². The highest BCUT2D eigenvalue weighted by molar-refractivity contribution is 7.89. The number of ether oxygens (including phenoxy) is 3. The van der Waals surface area contributed by atoms with E-state index in [1.807, 2.05) is 49.4 Å². The van der Waals surface area contributed by atoms with Crippen molar-refractivity contribution in [1.82, 2.24) is 4.31 Å². The van der Waals surface area contributed by atoms with Gasteiger partial charge in [-0.25, -0.2) is 13.2 Å². The molecule has 0 saturated carbocycles. The van der Waals surface area contributed by atoms with E-state index in [2.05, 4.69) is 6.58 Å². The third-order valence-corrected chi connectivity index (χ3v) is 10.9. The minimum Gasteiger partial charge on any atom is -0.482 e. The van der Waals surface area contributed by atoms with Gasteiger partial charge in [0.1, 0.15) is 17.2 Å². The molecule has 0 unspecified atom stereocenters. The number of hydrogen-bond acceptors (Lipinski definition) is 6. The molecule has 47 heavy (non-hydrogen) atoms. The molecule has 0 spiro atoms. The summed E-state index contributed by atoms with van der Waals surface area (Å²) in [5.74, 6) is 0.0911. The van der Waals surface area contributed by atoms with E-state index in [9.17, 15) is 18.3 Å². The van der Waals surface area contributed by atoms with Crippen molar-refractivity contribution in [2.45, 2.75) is 36.9 Å². The molecular weight excluding hydrogens is 638 g/mol. The number of carboxylic acid groups (broad SMARTS) is 1. The van der Waals surface area contributed by atoms with Gasteiger partial charge in [-0.3, -0.25) is 0 Å². The largest absolute Gasteiger partial charge is 0.482 e. The lowest BCUT2D eigenvalue weighted by atomic mass is 9.76. The highest BCUT2D eigenvalue weighted by atomic mass is 35.5. The lowest BCUT2D eigenvalue weighted by molar-refractivity contribution is -0.139. The molecule has 8 nitrogen and oxygen atoms in total. The second kappa shape index (κ2) is 13.9. The van der Waals surface area contributed by atoms with Gasteiger partial charge in [0, 0.05) is 29.6 Å². The number of rotatable bonds is 10. The maximum Gasteiger partial charge on any atom is 0.341 e. The Kier molecular flexibility index (Phi) is 9.70. The van der Waals surface area contributed by atoms with Crippen LogP contribution < -0.4 is 9.47 Å². The topological polar surface area (TPSA) is 102 Å². The number of sulfonamides is 1. The normalized spacial score (nSPS) is 21.4. The Hall–Kier alpha value is -4.15. The van der Waals surface area contributed by atoms with E-state index in [0.29, 0.717) is 53.8 Å². The number of piperidine rings is 1. The quantitative estimate of drug-likeness (QED) is 0.170. The molecule has 4 aromatic rings. The first-order valence-corrected chi connectivity index (χ1v) is 17.3. The second-order valence-corrected chi connectivity index (χ2v) is 14.4. The number of benzene rings is 4. The molecule has 2 saturated heterocycles. The predicted molar refractivity (Wildman–Crippen MR) is 180 cm³/mol. The van der Waals surface area contributed by atoms with Crippen molar-refractivity contribution >= 4 is 27.6 Å². The fraction of sp³-hybridized carbons (Fsp3) is 0.270. The lowest BCUT2D eigenvalue weighted by Crippen LogP contribution is -2.50. The zero-order chi connectivity index (χ0) is 33.1. The predicted octanol–water partition coefficient (Wildman–Crippen LogP) is 8.00. The van der Waals surface area contributed by atoms with Crippen LogP contribution in [-0.4, -0.2) is 49.6 Å². The third kappa shape index (κ3) is 7.39. The van der Waals surface area contributed by atoms with E-state index in [1.165, 1.54) is 0 Å². The van der Waals surface area contributed by atoms with Crippen molar-refractivity contribution in [2.24, 2.45) is 11.8 Å². The first-order valence-electron chi connectivity index (χ1n) is 15.5. The maximum atomic E-state index is 13.8. The number of halogens is 1. The molecule has 0 amide bonds. The van der Waals surface area contributed by atoms with Crippen LogP contribution in [0.1, 0.15) is 31.4 Å². The van der Waals surface area contributed by atoms with E-state index in [4.69, 9.17) is 25.8 Å². The van der Waals surface area contributed by atoms with Crippen molar-refractivity contribution in [3.8, 4) is 28.4 Å². The van der Waals surface area contributed by atoms with Crippen molar-refractivity contribution in [1.29, 1.82) is 0 Å². The Morgan fingerprint density at radius 1 is 0.979 bits per heavy atom. The van der Waals surface area contributed by atoms with Crippen LogP contribution >= 0.6 is 11.6 Å². The molecule has 4 aromatic carbocycles. The van der Waals surface area contributed by atoms with Crippen LogP contribution in [-0.2, 0) is 19.6 Å². The average Bonchev–Trinajstić information content (AvgIpc) is 3.07. The molecule has 2 aliphatic heterocycles. The van der Waals surface area contributed by atoms with Crippen LogP contribution in [0.25, 0.3) is 11.1 Å². The van der Waals surface area contributed by atoms with Crippen LogP contribution in [0.2, 0.25) is 5.02 Å². The molecule has 2 fully saturated rings. The lowest BCUT2D eigenvalue weighted by Gasteiger charge is -2.47. The van der Waals surface area contributed by atoms with Crippen molar-refractivity contribution in [3.63, 3.8) is 0 Å². The first-order chi connectivity index (χ1) is 22.6. The SMILES string of the molecule is C=C(C)[C@H]1C[C@@H]2CN(S(=O)(=O)c3ccc(-c4ccccc4)cc3)CC[C@@H]2O[C@@H]1c1cc(Oc2cccc(Cl)c2)ccc1OCC(=O)O. The van der Waals surface area contributed by atoms with E-state index in [1.54, 1.807) is 58.9 Å². The molecule has 0 bridgehead atoms. The van der Waals surface area contributed by atoms with Gasteiger partial charge in [-0.2, -0.15) is 4.31 Å². The summed E-state index contributed by atoms with van der Waals surface area (Å²) in [6.45, 7) is 6.30. The molecule has 0 radical (unpaired) electrons. The minimum atomic E-state index is -3.72. The van der Waals surface area contributed by atoms with Crippen LogP contribution in [0.5, 0.6) is 17.2 Å². The highest BCUT2D eigenvalue weighted by Crippen LogP contribution is 2.48. The van der Waals surface area contributed by atoms with E-state index in [-0.39, 0.29) is 22.8 Å². The summed E-state index contributed by atoms with van der Waals surface area (Å²) in [7, 11) is -3.72. The van der Waals surface area contributed by atoms with Gasteiger partial charge in [0.15, 0.2) is 6.61 Å². The van der Waals surface area contributed by atoms with E-state index < -0.39 is 28.7 Å². The molecule has 10 heteroatoms. The summed E-state index contributed by atoms with van der Waals surface area (Å²) in [4.78, 5) is 11.7. The molecule has 4 atom stereocenters. The van der Waals surface area contributed by atoms with Gasteiger partial charge in [0.05, 0.1) is 17.1 Å². The minimum absolute atomic E-state index is 0.0608. The molecule has 6 rings (SSSR count). The monoisotopic (exact) mass is 673 g/mol. The number of hydrogen-bond donors (Lipinski definition) is 1. The van der Waals surface area contributed by atoms with Gasteiger partial charge in [-0.1, -0.05) is 72.3 Å². The van der Waals surface area contributed by atoms with Gasteiger partial charge in [0.2, 0.25) is 10.0 Å². The van der Waals surface area contributed by atoms with Gasteiger partial charge in [0.25, 0.3) is 0 Å². The van der Waals surface area contributed by atoms with Crippen molar-refractivity contribution in [3.05, 3.63) is 120 Å². The second-order valence-electron chi connectivity index (χ2n) is 12.0. The van der Waals surface area contributed by atoms with Gasteiger partial charge in [-0.15, -0.1) is 0 Å². The zero-order valence-corrected chi connectivity index (χ0v) is 27.5. The number of nitrogens with zero attached hydrogens (tertiary/aromatic N) is 1. The Balaban J connectivity index is 1.23. The van der Waals surface area contributed by atoms with Gasteiger partial charge in [-0.05, 0) is 85.3 Å². The highest BCUT2D eigenvalue weighted by Gasteiger charge is 2.45. The van der Waals surface area contributed by atoms with Gasteiger partial charge < -0.3 is 19.3 Å². The van der Waals surface area contributed by atoms with Crippen LogP contribution in [0.3, 0.4) is 0 Å². The van der Waals surface area contributed by atoms with E-state index >= 15 is 0 Å². The fourth-order valence-electron chi connectivity index (χ4n) is 6.43. The summed E-state index contributed by atoms with van der Waals surface area (Å²) in [5.41, 5.74) is 3.49. The Labute approximate surface area is 280 Å². The molecule has 1 N–H and O–H groups in total. The summed E-state index contributed by atoms with van der Waals surface area (Å²) < 4.78 is 47.7. The van der Waals surface area contributed by atoms with Crippen molar-refractivity contribution in [2.75, 3.05) is 19.7 Å². The van der Waals surface area contributed by atoms with Crippen LogP contribution in [0, 0.1) is 11.8 Å². The Morgan fingerprint density at radius 3 is 2.40 bits per heavy atom. The summed E-state index contributed by atoms with van der Waals surface area (Å²) in [5, 5.41) is 9.86. The average molecular weight is 674 g/mol. The van der Waals surface area contributed by atoms with E-state index in [0.717, 1.165) is 16.7 Å². The van der Waals surface area contributed by atoms with Crippen LogP contribution in [0.4, 0.5) is 0 Å². The summed E-state index contributed by atoms with van der Waals surface area (Å²) >= 11 is 6.16. The molecular formula is C37H36ClNO7S. The van der Waals surface area contributed by atoms with Crippen LogP contribution in [0.15, 0.2) is 114 Å². The molecule has 2 aliphatic rings. The van der Waals surface area contributed by atoms with Crippen molar-refractivity contribution < 1.29 is 32.5 Å². The number of aliphatic carboxylic acids is 1. The molecule has 2 heterocycles. The molecule has 0 aromatic heterocycles. The fourth-order valence-corrected chi connectivity index (χ4v) is 8.12. The first kappa shape index (κ1) is 32.8. The third-order valence-electron chi connectivity index (χ3n) is 8.77. The smallest absolute Gasteiger partial charge is 0.341 e. The summed E-state index contributed by atoms with van der Waals surface area (Å²) in [6.07, 6.45) is 0.429.